The lowest BCUT2D eigenvalue weighted by atomic mass is 10.2. The summed E-state index contributed by atoms with van der Waals surface area (Å²) in [5.41, 5.74) is 2.92. The van der Waals surface area contributed by atoms with Gasteiger partial charge in [0.15, 0.2) is 5.13 Å². The molecule has 2 aromatic carbocycles. The van der Waals surface area contributed by atoms with Gasteiger partial charge in [-0.15, -0.1) is 11.3 Å². The van der Waals surface area contributed by atoms with Gasteiger partial charge in [0.1, 0.15) is 6.61 Å². The van der Waals surface area contributed by atoms with Gasteiger partial charge in [0.2, 0.25) is 17.7 Å². The first-order valence-electron chi connectivity index (χ1n) is 10.5. The minimum atomic E-state index is -0.319. The van der Waals surface area contributed by atoms with Crippen LogP contribution in [-0.2, 0) is 16.2 Å². The van der Waals surface area contributed by atoms with Gasteiger partial charge in [0.25, 0.3) is 0 Å². The number of carbonyl (C=O) groups excluding carboxylic acids is 2. The molecule has 0 aliphatic heterocycles. The second kappa shape index (κ2) is 11.0. The molecule has 4 aromatic rings. The summed E-state index contributed by atoms with van der Waals surface area (Å²) >= 11 is 1.33. The normalized spacial score (nSPS) is 10.7. The highest BCUT2D eigenvalue weighted by molar-refractivity contribution is 7.14. The fourth-order valence-electron chi connectivity index (χ4n) is 3.08. The number of para-hydroxylation sites is 1. The number of hydrogen-bond acceptors (Lipinski definition) is 6. The molecule has 0 saturated heterocycles. The number of ether oxygens (including phenoxy) is 1. The highest BCUT2D eigenvalue weighted by Crippen LogP contribution is 2.29. The van der Waals surface area contributed by atoms with Crippen molar-refractivity contribution in [2.24, 2.45) is 0 Å². The van der Waals surface area contributed by atoms with Crippen molar-refractivity contribution in [3.63, 3.8) is 0 Å². The van der Waals surface area contributed by atoms with E-state index >= 15 is 0 Å². The Hall–Kier alpha value is -4.30. The number of anilines is 3. The van der Waals surface area contributed by atoms with Gasteiger partial charge in [-0.1, -0.05) is 48.5 Å². The zero-order valence-corrected chi connectivity index (χ0v) is 19.2. The molecule has 0 saturated carbocycles. The molecule has 0 fully saturated rings. The summed E-state index contributed by atoms with van der Waals surface area (Å²) in [6.07, 6.45) is 4.53. The van der Waals surface area contributed by atoms with Gasteiger partial charge in [-0.25, -0.2) is 9.97 Å². The van der Waals surface area contributed by atoms with Gasteiger partial charge >= 0.3 is 0 Å². The molecule has 2 aromatic heterocycles. The smallest absolute Gasteiger partial charge is 0.248 e. The Morgan fingerprint density at radius 2 is 1.76 bits per heavy atom. The van der Waals surface area contributed by atoms with Gasteiger partial charge in [-0.05, 0) is 29.8 Å². The minimum Gasteiger partial charge on any atom is -0.473 e. The SMILES string of the molecule is CC(=O)N(c1ccccc1)c1nc(C=CC(=O)Nc2ccc(OCc3ccccc3)nc2)cs1. The highest BCUT2D eigenvalue weighted by Gasteiger charge is 2.17. The molecular weight excluding hydrogens is 448 g/mol. The van der Waals surface area contributed by atoms with E-state index in [0.29, 0.717) is 29.0 Å². The summed E-state index contributed by atoms with van der Waals surface area (Å²) in [6, 6.07) is 22.5. The third-order valence-corrected chi connectivity index (χ3v) is 5.51. The average Bonchev–Trinajstić information content (AvgIpc) is 3.32. The maximum atomic E-state index is 12.3. The van der Waals surface area contributed by atoms with Crippen LogP contribution in [0.4, 0.5) is 16.5 Å². The van der Waals surface area contributed by atoms with Crippen LogP contribution in [0.15, 0.2) is 90.4 Å². The van der Waals surface area contributed by atoms with Crippen LogP contribution in [0, 0.1) is 0 Å². The first-order valence-corrected chi connectivity index (χ1v) is 11.4. The molecule has 8 heteroatoms. The molecule has 0 bridgehead atoms. The molecular formula is C26H22N4O3S. The second-order valence-corrected chi connectivity index (χ2v) is 8.06. The van der Waals surface area contributed by atoms with E-state index in [0.717, 1.165) is 11.3 Å². The molecule has 170 valence electrons. The zero-order valence-electron chi connectivity index (χ0n) is 18.4. The number of thiazole rings is 1. The highest BCUT2D eigenvalue weighted by atomic mass is 32.1. The van der Waals surface area contributed by atoms with Crippen LogP contribution >= 0.6 is 11.3 Å². The minimum absolute atomic E-state index is 0.141. The summed E-state index contributed by atoms with van der Waals surface area (Å²) in [5.74, 6) is 0.0131. The van der Waals surface area contributed by atoms with Crippen molar-refractivity contribution in [2.45, 2.75) is 13.5 Å². The molecule has 0 aliphatic rings. The molecule has 34 heavy (non-hydrogen) atoms. The average molecular weight is 471 g/mol. The largest absolute Gasteiger partial charge is 0.473 e. The van der Waals surface area contributed by atoms with Crippen molar-refractivity contribution in [3.8, 4) is 5.88 Å². The van der Waals surface area contributed by atoms with Crippen LogP contribution in [-0.4, -0.2) is 21.8 Å². The predicted molar refractivity (Wildman–Crippen MR) is 134 cm³/mol. The fourth-order valence-corrected chi connectivity index (χ4v) is 3.93. The third kappa shape index (κ3) is 6.14. The summed E-state index contributed by atoms with van der Waals surface area (Å²) < 4.78 is 5.65. The monoisotopic (exact) mass is 470 g/mol. The standard InChI is InChI=1S/C26H22N4O3S/c1-19(31)30(23-10-6-3-7-11-23)26-29-22(18-34-26)12-14-24(32)28-21-13-15-25(27-16-21)33-17-20-8-4-2-5-9-20/h2-16,18H,17H2,1H3,(H,28,32). The van der Waals surface area contributed by atoms with Crippen LogP contribution in [0.25, 0.3) is 6.08 Å². The third-order valence-electron chi connectivity index (χ3n) is 4.67. The number of pyridine rings is 1. The van der Waals surface area contributed by atoms with Gasteiger partial charge < -0.3 is 10.1 Å². The lowest BCUT2D eigenvalue weighted by Crippen LogP contribution is -2.22. The number of rotatable bonds is 8. The van der Waals surface area contributed by atoms with Crippen LogP contribution in [0.3, 0.4) is 0 Å². The molecule has 7 nitrogen and oxygen atoms in total. The van der Waals surface area contributed by atoms with E-state index in [1.807, 2.05) is 60.7 Å². The molecule has 0 atom stereocenters. The van der Waals surface area contributed by atoms with E-state index in [2.05, 4.69) is 15.3 Å². The van der Waals surface area contributed by atoms with Gasteiger partial charge in [-0.3, -0.25) is 14.5 Å². The van der Waals surface area contributed by atoms with E-state index in [9.17, 15) is 9.59 Å². The molecule has 1 N–H and O–H groups in total. The van der Waals surface area contributed by atoms with Crippen molar-refractivity contribution < 1.29 is 14.3 Å². The Kier molecular flexibility index (Phi) is 7.42. The van der Waals surface area contributed by atoms with Crippen LogP contribution in [0.1, 0.15) is 18.2 Å². The summed E-state index contributed by atoms with van der Waals surface area (Å²) in [7, 11) is 0. The summed E-state index contributed by atoms with van der Waals surface area (Å²) in [5, 5.41) is 5.08. The number of nitrogens with one attached hydrogen (secondary N) is 1. The van der Waals surface area contributed by atoms with Gasteiger partial charge in [-0.2, -0.15) is 0 Å². The van der Waals surface area contributed by atoms with Gasteiger partial charge in [0, 0.05) is 24.4 Å². The molecule has 2 amide bonds. The first kappa shape index (κ1) is 22.9. The maximum Gasteiger partial charge on any atom is 0.248 e. The van der Waals surface area contributed by atoms with Crippen LogP contribution in [0.5, 0.6) is 5.88 Å². The second-order valence-electron chi connectivity index (χ2n) is 7.23. The van der Waals surface area contributed by atoms with Crippen molar-refractivity contribution in [1.29, 1.82) is 0 Å². The Balaban J connectivity index is 1.33. The van der Waals surface area contributed by atoms with Crippen LogP contribution < -0.4 is 15.0 Å². The molecule has 0 radical (unpaired) electrons. The number of amides is 2. The van der Waals surface area contributed by atoms with E-state index < -0.39 is 0 Å². The van der Waals surface area contributed by atoms with Crippen LogP contribution in [0.2, 0.25) is 0 Å². The lowest BCUT2D eigenvalue weighted by Gasteiger charge is -2.17. The number of carbonyl (C=O) groups is 2. The Bertz CT molecular complexity index is 1270. The van der Waals surface area contributed by atoms with E-state index in [1.165, 1.54) is 35.4 Å². The molecule has 0 unspecified atom stereocenters. The zero-order chi connectivity index (χ0) is 23.8. The lowest BCUT2D eigenvalue weighted by molar-refractivity contribution is -0.116. The maximum absolute atomic E-state index is 12.3. The number of nitrogens with zero attached hydrogens (tertiary/aromatic N) is 3. The number of hydrogen-bond donors (Lipinski definition) is 1. The fraction of sp³-hybridized carbons (Fsp3) is 0.0769. The topological polar surface area (TPSA) is 84.4 Å². The van der Waals surface area contributed by atoms with Gasteiger partial charge in [0.05, 0.1) is 23.3 Å². The summed E-state index contributed by atoms with van der Waals surface area (Å²) in [6.45, 7) is 1.91. The first-order chi connectivity index (χ1) is 16.6. The predicted octanol–water partition coefficient (Wildman–Crippen LogP) is 5.45. The van der Waals surface area contributed by atoms with Crippen molar-refractivity contribution >= 4 is 45.7 Å². The molecule has 0 aliphatic carbocycles. The van der Waals surface area contributed by atoms with Crippen molar-refractivity contribution in [3.05, 3.63) is 102 Å². The van der Waals surface area contributed by atoms with E-state index in [4.69, 9.17) is 4.74 Å². The summed E-state index contributed by atoms with van der Waals surface area (Å²) in [4.78, 5) is 34.7. The molecule has 0 spiro atoms. The Morgan fingerprint density at radius 3 is 2.44 bits per heavy atom. The molecule has 2 heterocycles. The van der Waals surface area contributed by atoms with E-state index in [1.54, 1.807) is 23.6 Å². The molecule has 4 rings (SSSR count). The Morgan fingerprint density at radius 1 is 1.03 bits per heavy atom. The number of benzene rings is 2. The van der Waals surface area contributed by atoms with E-state index in [-0.39, 0.29) is 11.8 Å². The van der Waals surface area contributed by atoms with Crippen molar-refractivity contribution in [2.75, 3.05) is 10.2 Å². The number of aromatic nitrogens is 2. The quantitative estimate of drug-likeness (QED) is 0.346. The van der Waals surface area contributed by atoms with Crippen molar-refractivity contribution in [1.82, 2.24) is 9.97 Å². The Labute approximate surface area is 201 Å².